The van der Waals surface area contributed by atoms with Gasteiger partial charge in [0.05, 0.1) is 6.07 Å². The zero-order valence-electron chi connectivity index (χ0n) is 11.1. The third-order valence-electron chi connectivity index (χ3n) is 3.34. The average Bonchev–Trinajstić information content (AvgIpc) is 2.89. The Morgan fingerprint density at radius 2 is 1.86 bits per heavy atom. The van der Waals surface area contributed by atoms with Crippen molar-refractivity contribution in [1.29, 1.82) is 0 Å². The summed E-state index contributed by atoms with van der Waals surface area (Å²) in [7, 11) is 0. The summed E-state index contributed by atoms with van der Waals surface area (Å²) in [5.41, 5.74) is -0.933. The number of fused-ring (bicyclic) bond motifs is 1. The second-order valence-corrected chi connectivity index (χ2v) is 4.60. The number of hydrogen-bond donors (Lipinski definition) is 0. The fourth-order valence-corrected chi connectivity index (χ4v) is 2.10. The van der Waals surface area contributed by atoms with E-state index in [4.69, 9.17) is 0 Å². The molecule has 0 saturated heterocycles. The molecule has 0 saturated carbocycles. The first-order valence-electron chi connectivity index (χ1n) is 5.98. The van der Waals surface area contributed by atoms with E-state index in [-0.39, 0.29) is 11.3 Å². The van der Waals surface area contributed by atoms with Gasteiger partial charge in [0.15, 0.2) is 11.6 Å². The van der Waals surface area contributed by atoms with E-state index in [2.05, 4.69) is 10.2 Å². The van der Waals surface area contributed by atoms with E-state index < -0.39 is 28.8 Å². The van der Waals surface area contributed by atoms with Gasteiger partial charge in [-0.25, -0.2) is 17.7 Å². The molecule has 21 heavy (non-hydrogen) atoms. The van der Waals surface area contributed by atoms with Crippen LogP contribution in [0.4, 0.5) is 13.2 Å². The lowest BCUT2D eigenvalue weighted by atomic mass is 10.1. The molecule has 0 N–H and O–H groups in total. The highest BCUT2D eigenvalue weighted by molar-refractivity contribution is 5.48. The Bertz CT molecular complexity index is 929. The van der Waals surface area contributed by atoms with Crippen LogP contribution in [-0.4, -0.2) is 19.2 Å². The minimum atomic E-state index is -0.936. The zero-order chi connectivity index (χ0) is 15.3. The summed E-state index contributed by atoms with van der Waals surface area (Å²) in [6, 6.07) is 1.72. The van der Waals surface area contributed by atoms with E-state index in [1.807, 2.05) is 0 Å². The van der Waals surface area contributed by atoms with Crippen molar-refractivity contribution in [2.24, 2.45) is 0 Å². The van der Waals surface area contributed by atoms with Gasteiger partial charge in [-0.2, -0.15) is 4.39 Å². The number of benzene rings is 1. The summed E-state index contributed by atoms with van der Waals surface area (Å²) in [6.07, 6.45) is 1.01. The van der Waals surface area contributed by atoms with Crippen LogP contribution < -0.4 is 5.56 Å². The van der Waals surface area contributed by atoms with Crippen LogP contribution in [-0.2, 0) is 0 Å². The van der Waals surface area contributed by atoms with Gasteiger partial charge in [-0.1, -0.05) is 0 Å². The first kappa shape index (κ1) is 13.3. The normalized spacial score (nSPS) is 11.3. The van der Waals surface area contributed by atoms with Crippen molar-refractivity contribution in [2.45, 2.75) is 13.8 Å². The SMILES string of the molecule is Cc1cc(F)c(-n2c(=O)cc(F)n3cnnc23)c(F)c1C. The minimum absolute atomic E-state index is 0.195. The predicted octanol–water partition coefficient (Wildman–Crippen LogP) is 1.91. The van der Waals surface area contributed by atoms with E-state index in [0.717, 1.165) is 16.8 Å². The molecule has 0 amide bonds. The second kappa shape index (κ2) is 4.44. The molecule has 0 aliphatic rings. The standard InChI is InChI=1S/C13H9F3N4O/c1-6-3-8(14)12(11(16)7(6)2)20-10(21)4-9(15)19-5-17-18-13(19)20/h3-5H,1-2H3. The molecule has 5 nitrogen and oxygen atoms in total. The highest BCUT2D eigenvalue weighted by Crippen LogP contribution is 2.23. The van der Waals surface area contributed by atoms with E-state index in [9.17, 15) is 18.0 Å². The Kier molecular flexibility index (Phi) is 2.82. The van der Waals surface area contributed by atoms with Gasteiger partial charge < -0.3 is 0 Å². The van der Waals surface area contributed by atoms with Crippen molar-refractivity contribution in [1.82, 2.24) is 19.2 Å². The summed E-state index contributed by atoms with van der Waals surface area (Å²) in [5, 5.41) is 7.01. The number of aromatic nitrogens is 4. The number of aryl methyl sites for hydroxylation is 1. The maximum Gasteiger partial charge on any atom is 0.262 e. The van der Waals surface area contributed by atoms with Crippen LogP contribution in [0.15, 0.2) is 23.3 Å². The quantitative estimate of drug-likeness (QED) is 0.644. The first-order valence-corrected chi connectivity index (χ1v) is 5.98. The van der Waals surface area contributed by atoms with Crippen LogP contribution in [0.2, 0.25) is 0 Å². The van der Waals surface area contributed by atoms with Crippen LogP contribution >= 0.6 is 0 Å². The molecule has 0 aliphatic carbocycles. The topological polar surface area (TPSA) is 52.2 Å². The first-order chi connectivity index (χ1) is 9.91. The summed E-state index contributed by atoms with van der Waals surface area (Å²) in [6.45, 7) is 3.01. The van der Waals surface area contributed by atoms with Crippen LogP contribution in [0.5, 0.6) is 0 Å². The zero-order valence-corrected chi connectivity index (χ0v) is 11.1. The molecule has 3 rings (SSSR count). The maximum atomic E-state index is 14.4. The molecule has 0 fully saturated rings. The van der Waals surface area contributed by atoms with E-state index >= 15 is 0 Å². The number of halogens is 3. The Balaban J connectivity index is 2.50. The van der Waals surface area contributed by atoms with Crippen LogP contribution in [0.25, 0.3) is 11.5 Å². The van der Waals surface area contributed by atoms with Gasteiger partial charge in [-0.15, -0.1) is 10.2 Å². The molecule has 1 aromatic carbocycles. The molecular formula is C13H9F3N4O. The fourth-order valence-electron chi connectivity index (χ4n) is 2.10. The van der Waals surface area contributed by atoms with Crippen LogP contribution in [0.3, 0.4) is 0 Å². The summed E-state index contributed by atoms with van der Waals surface area (Å²) in [5.74, 6) is -3.05. The molecule has 108 valence electrons. The lowest BCUT2D eigenvalue weighted by molar-refractivity contribution is 0.541. The number of rotatable bonds is 1. The van der Waals surface area contributed by atoms with Crippen molar-refractivity contribution in [3.63, 3.8) is 0 Å². The van der Waals surface area contributed by atoms with Crippen molar-refractivity contribution >= 4 is 5.78 Å². The molecular weight excluding hydrogens is 285 g/mol. The summed E-state index contributed by atoms with van der Waals surface area (Å²) < 4.78 is 43.6. The monoisotopic (exact) mass is 294 g/mol. The van der Waals surface area contributed by atoms with Crippen molar-refractivity contribution in [3.8, 4) is 5.69 Å². The van der Waals surface area contributed by atoms with E-state index in [1.165, 1.54) is 6.92 Å². The third-order valence-corrected chi connectivity index (χ3v) is 3.34. The van der Waals surface area contributed by atoms with E-state index in [0.29, 0.717) is 16.2 Å². The lowest BCUT2D eigenvalue weighted by Gasteiger charge is -2.12. The lowest BCUT2D eigenvalue weighted by Crippen LogP contribution is -2.24. The van der Waals surface area contributed by atoms with Crippen molar-refractivity contribution in [2.75, 3.05) is 0 Å². The molecule has 3 aromatic rings. The van der Waals surface area contributed by atoms with Gasteiger partial charge in [0.25, 0.3) is 5.56 Å². The smallest absolute Gasteiger partial charge is 0.262 e. The maximum absolute atomic E-state index is 14.4. The van der Waals surface area contributed by atoms with Gasteiger partial charge in [0.1, 0.15) is 12.0 Å². The molecule has 2 heterocycles. The summed E-state index contributed by atoms with van der Waals surface area (Å²) >= 11 is 0. The van der Waals surface area contributed by atoms with Crippen LogP contribution in [0.1, 0.15) is 11.1 Å². The van der Waals surface area contributed by atoms with Crippen molar-refractivity contribution in [3.05, 3.63) is 57.5 Å². The molecule has 0 unspecified atom stereocenters. The van der Waals surface area contributed by atoms with Gasteiger partial charge in [0.2, 0.25) is 11.7 Å². The second-order valence-electron chi connectivity index (χ2n) is 4.60. The van der Waals surface area contributed by atoms with Gasteiger partial charge in [-0.05, 0) is 31.0 Å². The Morgan fingerprint density at radius 3 is 2.57 bits per heavy atom. The molecule has 2 aromatic heterocycles. The molecule has 0 bridgehead atoms. The Morgan fingerprint density at radius 1 is 1.14 bits per heavy atom. The van der Waals surface area contributed by atoms with Gasteiger partial charge in [-0.3, -0.25) is 4.79 Å². The Hall–Kier alpha value is -2.64. The number of hydrogen-bond acceptors (Lipinski definition) is 3. The van der Waals surface area contributed by atoms with E-state index in [1.54, 1.807) is 6.92 Å². The third kappa shape index (κ3) is 1.83. The minimum Gasteiger partial charge on any atom is -0.269 e. The molecule has 0 radical (unpaired) electrons. The van der Waals surface area contributed by atoms with Crippen molar-refractivity contribution < 1.29 is 13.2 Å². The molecule has 8 heteroatoms. The predicted molar refractivity (Wildman–Crippen MR) is 67.9 cm³/mol. The highest BCUT2D eigenvalue weighted by atomic mass is 19.1. The average molecular weight is 294 g/mol. The summed E-state index contributed by atoms with van der Waals surface area (Å²) in [4.78, 5) is 12.0. The largest absolute Gasteiger partial charge is 0.269 e. The fraction of sp³-hybridized carbons (Fsp3) is 0.154. The molecule has 0 spiro atoms. The molecule has 0 atom stereocenters. The van der Waals surface area contributed by atoms with Gasteiger partial charge >= 0.3 is 0 Å². The highest BCUT2D eigenvalue weighted by Gasteiger charge is 2.21. The molecule has 0 aliphatic heterocycles. The number of nitrogens with zero attached hydrogens (tertiary/aromatic N) is 4. The Labute approximate surface area is 116 Å². The van der Waals surface area contributed by atoms with Gasteiger partial charge in [0, 0.05) is 0 Å². The van der Waals surface area contributed by atoms with Crippen LogP contribution in [0, 0.1) is 31.4 Å².